The van der Waals surface area contributed by atoms with E-state index in [1.54, 1.807) is 29.7 Å². The molecule has 0 spiro atoms. The van der Waals surface area contributed by atoms with Crippen LogP contribution in [0.2, 0.25) is 0 Å². The minimum absolute atomic E-state index is 0.00842. The van der Waals surface area contributed by atoms with Crippen LogP contribution in [0.15, 0.2) is 52.8 Å². The molecule has 7 heteroatoms. The predicted octanol–water partition coefficient (Wildman–Crippen LogP) is 2.69. The van der Waals surface area contributed by atoms with Crippen molar-refractivity contribution in [3.8, 4) is 0 Å². The van der Waals surface area contributed by atoms with Gasteiger partial charge < -0.3 is 5.32 Å². The van der Waals surface area contributed by atoms with Gasteiger partial charge in [0.05, 0.1) is 17.5 Å². The monoisotopic (exact) mass is 359 g/mol. The molecule has 0 unspecified atom stereocenters. The normalized spacial score (nSPS) is 12.2. The van der Waals surface area contributed by atoms with Gasteiger partial charge >= 0.3 is 0 Å². The highest BCUT2D eigenvalue weighted by atomic mass is 32.2. The molecule has 1 atom stereocenters. The summed E-state index contributed by atoms with van der Waals surface area (Å²) in [6.45, 7) is 2.42. The zero-order valence-corrected chi connectivity index (χ0v) is 14.8. The maximum absolute atomic E-state index is 12.1. The number of hydrogen-bond acceptors (Lipinski definition) is 5. The number of carbonyl (C=O) groups excluding carboxylic acids is 1. The van der Waals surface area contributed by atoms with Gasteiger partial charge in [-0.3, -0.25) is 14.0 Å². The Bertz CT molecular complexity index is 890. The average Bonchev–Trinajstić information content (AvgIpc) is 3.11. The lowest BCUT2D eigenvalue weighted by atomic mass is 10.4. The summed E-state index contributed by atoms with van der Waals surface area (Å²) >= 11 is 3.09. The average molecular weight is 359 g/mol. The summed E-state index contributed by atoms with van der Waals surface area (Å²) in [6.07, 6.45) is 1.70. The van der Waals surface area contributed by atoms with Gasteiger partial charge in [-0.1, -0.05) is 12.1 Å². The first kappa shape index (κ1) is 16.7. The van der Waals surface area contributed by atoms with Crippen LogP contribution < -0.4 is 10.9 Å². The van der Waals surface area contributed by atoms with Crippen molar-refractivity contribution in [3.05, 3.63) is 68.9 Å². The zero-order chi connectivity index (χ0) is 16.9. The van der Waals surface area contributed by atoms with Crippen molar-refractivity contribution in [1.82, 2.24) is 14.7 Å². The predicted molar refractivity (Wildman–Crippen MR) is 98.4 cm³/mol. The number of amides is 1. The first-order chi connectivity index (χ1) is 11.6. The molecule has 0 saturated carbocycles. The van der Waals surface area contributed by atoms with E-state index in [9.17, 15) is 9.59 Å². The van der Waals surface area contributed by atoms with Crippen molar-refractivity contribution in [2.24, 2.45) is 0 Å². The molecule has 24 heavy (non-hydrogen) atoms. The Kier molecular flexibility index (Phi) is 5.32. The topological polar surface area (TPSA) is 63.5 Å². The van der Waals surface area contributed by atoms with Crippen molar-refractivity contribution in [1.29, 1.82) is 0 Å². The van der Waals surface area contributed by atoms with Crippen LogP contribution in [0.3, 0.4) is 0 Å². The summed E-state index contributed by atoms with van der Waals surface area (Å²) in [5, 5.41) is 4.71. The molecular formula is C17H17N3O2S2. The summed E-state index contributed by atoms with van der Waals surface area (Å²) < 4.78 is 1.51. The number of thioether (sulfide) groups is 1. The van der Waals surface area contributed by atoms with Crippen LogP contribution in [0, 0.1) is 0 Å². The first-order valence-electron chi connectivity index (χ1n) is 7.52. The summed E-state index contributed by atoms with van der Waals surface area (Å²) in [5.74, 6) is 0.514. The van der Waals surface area contributed by atoms with Gasteiger partial charge in [-0.25, -0.2) is 4.98 Å². The molecule has 0 saturated heterocycles. The molecule has 0 radical (unpaired) electrons. The fourth-order valence-electron chi connectivity index (χ4n) is 2.19. The van der Waals surface area contributed by atoms with Gasteiger partial charge in [0.25, 0.3) is 5.56 Å². The second-order valence-corrected chi connectivity index (χ2v) is 7.63. The Hall–Kier alpha value is -2.12. The number of hydrogen-bond donors (Lipinski definition) is 1. The number of thiophene rings is 1. The molecule has 3 heterocycles. The third kappa shape index (κ3) is 4.04. The molecule has 0 aliphatic rings. The fraction of sp³-hybridized carbons (Fsp3) is 0.235. The number of nitrogens with one attached hydrogen (secondary N) is 1. The standard InChI is InChI=1S/C17H17N3O2S2/c1-12(17(22)18-10-14-5-4-8-23-14)24-11-13-9-16(21)20-7-3-2-6-15(20)19-13/h2-9,12H,10-11H2,1H3,(H,18,22)/t12-/m1/s1. The molecule has 0 bridgehead atoms. The van der Waals surface area contributed by atoms with E-state index in [0.717, 1.165) is 4.88 Å². The van der Waals surface area contributed by atoms with E-state index < -0.39 is 0 Å². The highest BCUT2D eigenvalue weighted by molar-refractivity contribution is 7.99. The molecule has 1 amide bonds. The van der Waals surface area contributed by atoms with Crippen LogP contribution >= 0.6 is 23.1 Å². The quantitative estimate of drug-likeness (QED) is 0.735. The number of fused-ring (bicyclic) bond motifs is 1. The Morgan fingerprint density at radius 3 is 3.04 bits per heavy atom. The van der Waals surface area contributed by atoms with Gasteiger partial charge in [-0.15, -0.1) is 23.1 Å². The third-order valence-corrected chi connectivity index (χ3v) is 5.54. The van der Waals surface area contributed by atoms with Gasteiger partial charge in [0.2, 0.25) is 5.91 Å². The van der Waals surface area contributed by atoms with Crippen LogP contribution in [0.4, 0.5) is 0 Å². The first-order valence-corrected chi connectivity index (χ1v) is 9.45. The van der Waals surface area contributed by atoms with Gasteiger partial charge in [-0.05, 0) is 30.5 Å². The highest BCUT2D eigenvalue weighted by Gasteiger charge is 2.14. The van der Waals surface area contributed by atoms with E-state index in [0.29, 0.717) is 23.6 Å². The molecule has 124 valence electrons. The lowest BCUT2D eigenvalue weighted by Crippen LogP contribution is -2.30. The van der Waals surface area contributed by atoms with E-state index in [-0.39, 0.29) is 16.7 Å². The third-order valence-electron chi connectivity index (χ3n) is 3.49. The zero-order valence-electron chi connectivity index (χ0n) is 13.1. The second-order valence-electron chi connectivity index (χ2n) is 5.26. The summed E-state index contributed by atoms with van der Waals surface area (Å²) in [6, 6.07) is 10.9. The van der Waals surface area contributed by atoms with Crippen molar-refractivity contribution >= 4 is 34.7 Å². The lowest BCUT2D eigenvalue weighted by molar-refractivity contribution is -0.120. The van der Waals surface area contributed by atoms with E-state index >= 15 is 0 Å². The van der Waals surface area contributed by atoms with Crippen LogP contribution in [0.1, 0.15) is 17.5 Å². The Morgan fingerprint density at radius 1 is 1.38 bits per heavy atom. The smallest absolute Gasteiger partial charge is 0.258 e. The Labute approximate surface area is 147 Å². The number of rotatable bonds is 6. The summed E-state index contributed by atoms with van der Waals surface area (Å²) in [7, 11) is 0. The second kappa shape index (κ2) is 7.63. The minimum atomic E-state index is -0.207. The molecule has 0 aliphatic heterocycles. The van der Waals surface area contributed by atoms with E-state index in [4.69, 9.17) is 0 Å². The molecule has 0 aromatic carbocycles. The minimum Gasteiger partial charge on any atom is -0.350 e. The molecule has 3 rings (SSSR count). The van der Waals surface area contributed by atoms with Crippen molar-refractivity contribution in [2.45, 2.75) is 24.5 Å². The molecule has 1 N–H and O–H groups in total. The largest absolute Gasteiger partial charge is 0.350 e. The SMILES string of the molecule is C[C@@H](SCc1cc(=O)n2ccccc2n1)C(=O)NCc1cccs1. The maximum Gasteiger partial charge on any atom is 0.258 e. The van der Waals surface area contributed by atoms with Gasteiger partial charge in [0.1, 0.15) is 5.65 Å². The van der Waals surface area contributed by atoms with Gasteiger partial charge in [0.15, 0.2) is 0 Å². The number of aromatic nitrogens is 2. The van der Waals surface area contributed by atoms with E-state index in [2.05, 4.69) is 10.3 Å². The fourth-order valence-corrected chi connectivity index (χ4v) is 3.64. The summed E-state index contributed by atoms with van der Waals surface area (Å²) in [4.78, 5) is 29.8. The van der Waals surface area contributed by atoms with Crippen molar-refractivity contribution < 1.29 is 4.79 Å². The molecule has 5 nitrogen and oxygen atoms in total. The summed E-state index contributed by atoms with van der Waals surface area (Å²) in [5.41, 5.74) is 1.20. The maximum atomic E-state index is 12.1. The van der Waals surface area contributed by atoms with Crippen molar-refractivity contribution in [2.75, 3.05) is 0 Å². The van der Waals surface area contributed by atoms with Crippen LogP contribution in [0.25, 0.3) is 5.65 Å². The molecule has 0 fully saturated rings. The van der Waals surface area contributed by atoms with Crippen LogP contribution in [0.5, 0.6) is 0 Å². The van der Waals surface area contributed by atoms with Crippen LogP contribution in [-0.2, 0) is 17.1 Å². The molecule has 3 aromatic heterocycles. The van der Waals surface area contributed by atoms with Gasteiger partial charge in [-0.2, -0.15) is 0 Å². The van der Waals surface area contributed by atoms with Crippen molar-refractivity contribution in [3.63, 3.8) is 0 Å². The Morgan fingerprint density at radius 2 is 2.25 bits per heavy atom. The molecular weight excluding hydrogens is 342 g/mol. The Balaban J connectivity index is 1.58. The highest BCUT2D eigenvalue weighted by Crippen LogP contribution is 2.17. The van der Waals surface area contributed by atoms with E-state index in [1.165, 1.54) is 22.2 Å². The number of carbonyl (C=O) groups is 1. The number of pyridine rings is 1. The molecule has 0 aliphatic carbocycles. The van der Waals surface area contributed by atoms with Gasteiger partial charge in [0, 0.05) is 22.9 Å². The van der Waals surface area contributed by atoms with E-state index in [1.807, 2.05) is 30.5 Å². The molecule has 3 aromatic rings. The van der Waals surface area contributed by atoms with Crippen LogP contribution in [-0.4, -0.2) is 20.5 Å². The lowest BCUT2D eigenvalue weighted by Gasteiger charge is -2.11. The number of nitrogens with zero attached hydrogens (tertiary/aromatic N) is 2.